The standard InChI is InChI=1S/C24H32N2O/c1-2-26(23-13-7-4-8-14-23)24(27)16-15-22-12-9-18-25(20-22)19-17-21-10-5-3-6-11-21/h3-8,10-11,13-14,22H,2,9,12,15-20H2,1H3. The molecule has 0 radical (unpaired) electrons. The second-order valence-electron chi connectivity index (χ2n) is 7.56. The van der Waals surface area contributed by atoms with Crippen molar-refractivity contribution in [1.29, 1.82) is 0 Å². The Morgan fingerprint density at radius 3 is 2.48 bits per heavy atom. The molecule has 0 bridgehead atoms. The summed E-state index contributed by atoms with van der Waals surface area (Å²) >= 11 is 0. The summed E-state index contributed by atoms with van der Waals surface area (Å²) < 4.78 is 0. The zero-order valence-corrected chi connectivity index (χ0v) is 16.5. The molecule has 3 heteroatoms. The van der Waals surface area contributed by atoms with Crippen molar-refractivity contribution in [2.24, 2.45) is 5.92 Å². The number of carbonyl (C=O) groups excluding carboxylic acids is 1. The Balaban J connectivity index is 1.45. The van der Waals surface area contributed by atoms with E-state index in [1.54, 1.807) is 0 Å². The van der Waals surface area contributed by atoms with Gasteiger partial charge in [-0.1, -0.05) is 48.5 Å². The molecule has 27 heavy (non-hydrogen) atoms. The zero-order valence-electron chi connectivity index (χ0n) is 16.5. The number of nitrogens with zero attached hydrogens (tertiary/aromatic N) is 2. The minimum absolute atomic E-state index is 0.255. The van der Waals surface area contributed by atoms with Gasteiger partial charge in [-0.25, -0.2) is 0 Å². The van der Waals surface area contributed by atoms with Gasteiger partial charge in [-0.15, -0.1) is 0 Å². The Labute approximate surface area is 164 Å². The van der Waals surface area contributed by atoms with E-state index in [-0.39, 0.29) is 5.91 Å². The quantitative estimate of drug-likeness (QED) is 0.673. The molecule has 1 saturated heterocycles. The number of amides is 1. The van der Waals surface area contributed by atoms with Crippen LogP contribution in [0.15, 0.2) is 60.7 Å². The molecule has 1 fully saturated rings. The first-order valence-electron chi connectivity index (χ1n) is 10.4. The Bertz CT molecular complexity index is 686. The molecule has 1 heterocycles. The summed E-state index contributed by atoms with van der Waals surface area (Å²) in [6.07, 6.45) is 5.28. The first kappa shape index (κ1) is 19.6. The number of benzene rings is 2. The van der Waals surface area contributed by atoms with E-state index >= 15 is 0 Å². The Kier molecular flexibility index (Phi) is 7.46. The Morgan fingerprint density at radius 1 is 1.07 bits per heavy atom. The van der Waals surface area contributed by atoms with Crippen molar-refractivity contribution in [1.82, 2.24) is 4.90 Å². The number of carbonyl (C=O) groups is 1. The smallest absolute Gasteiger partial charge is 0.226 e. The molecule has 3 rings (SSSR count). The summed E-state index contributed by atoms with van der Waals surface area (Å²) in [6, 6.07) is 20.8. The van der Waals surface area contributed by atoms with Gasteiger partial charge in [0, 0.05) is 31.7 Å². The van der Waals surface area contributed by atoms with E-state index in [4.69, 9.17) is 0 Å². The van der Waals surface area contributed by atoms with E-state index in [2.05, 4.69) is 42.2 Å². The minimum atomic E-state index is 0.255. The van der Waals surface area contributed by atoms with Gasteiger partial charge >= 0.3 is 0 Å². The van der Waals surface area contributed by atoms with Crippen molar-refractivity contribution >= 4 is 11.6 Å². The number of rotatable bonds is 8. The van der Waals surface area contributed by atoms with Crippen LogP contribution in [0.4, 0.5) is 5.69 Å². The molecule has 0 spiro atoms. The molecule has 1 aliphatic rings. The average Bonchev–Trinajstić information content (AvgIpc) is 2.73. The number of anilines is 1. The Morgan fingerprint density at radius 2 is 1.78 bits per heavy atom. The fourth-order valence-electron chi connectivity index (χ4n) is 4.10. The van der Waals surface area contributed by atoms with Crippen LogP contribution in [0.3, 0.4) is 0 Å². The largest absolute Gasteiger partial charge is 0.313 e. The molecule has 1 atom stereocenters. The van der Waals surface area contributed by atoms with Crippen molar-refractivity contribution in [2.75, 3.05) is 31.1 Å². The lowest BCUT2D eigenvalue weighted by molar-refractivity contribution is -0.119. The normalized spacial score (nSPS) is 17.6. The van der Waals surface area contributed by atoms with Crippen LogP contribution in [0.25, 0.3) is 0 Å². The van der Waals surface area contributed by atoms with E-state index in [0.717, 1.165) is 38.2 Å². The lowest BCUT2D eigenvalue weighted by atomic mass is 9.93. The first-order chi connectivity index (χ1) is 13.3. The van der Waals surface area contributed by atoms with Gasteiger partial charge in [-0.05, 0) is 62.8 Å². The fourth-order valence-corrected chi connectivity index (χ4v) is 4.10. The molecule has 0 aliphatic carbocycles. The number of para-hydroxylation sites is 1. The predicted octanol–water partition coefficient (Wildman–Crippen LogP) is 4.77. The monoisotopic (exact) mass is 364 g/mol. The molecule has 1 aliphatic heterocycles. The maximum atomic E-state index is 12.7. The van der Waals surface area contributed by atoms with Gasteiger partial charge in [-0.3, -0.25) is 4.79 Å². The number of hydrogen-bond acceptors (Lipinski definition) is 2. The second kappa shape index (κ2) is 10.3. The minimum Gasteiger partial charge on any atom is -0.313 e. The van der Waals surface area contributed by atoms with Crippen molar-refractivity contribution in [3.05, 3.63) is 66.2 Å². The maximum Gasteiger partial charge on any atom is 0.226 e. The average molecular weight is 365 g/mol. The van der Waals surface area contributed by atoms with Crippen LogP contribution in [0, 0.1) is 5.92 Å². The molecule has 1 amide bonds. The molecule has 3 nitrogen and oxygen atoms in total. The van der Waals surface area contributed by atoms with Crippen LogP contribution >= 0.6 is 0 Å². The van der Waals surface area contributed by atoms with Crippen LogP contribution in [-0.2, 0) is 11.2 Å². The highest BCUT2D eigenvalue weighted by atomic mass is 16.2. The SMILES string of the molecule is CCN(C(=O)CCC1CCCN(CCc2ccccc2)C1)c1ccccc1. The van der Waals surface area contributed by atoms with Gasteiger partial charge in [0.2, 0.25) is 5.91 Å². The highest BCUT2D eigenvalue weighted by Crippen LogP contribution is 2.23. The van der Waals surface area contributed by atoms with Gasteiger partial charge in [0.15, 0.2) is 0 Å². The molecule has 1 unspecified atom stereocenters. The highest BCUT2D eigenvalue weighted by Gasteiger charge is 2.22. The van der Waals surface area contributed by atoms with Crippen LogP contribution in [-0.4, -0.2) is 37.0 Å². The highest BCUT2D eigenvalue weighted by molar-refractivity contribution is 5.93. The van der Waals surface area contributed by atoms with Gasteiger partial charge in [0.05, 0.1) is 0 Å². The van der Waals surface area contributed by atoms with Crippen LogP contribution in [0.2, 0.25) is 0 Å². The molecular formula is C24H32N2O. The predicted molar refractivity (Wildman–Crippen MR) is 113 cm³/mol. The third-order valence-corrected chi connectivity index (χ3v) is 5.61. The third-order valence-electron chi connectivity index (χ3n) is 5.61. The van der Waals surface area contributed by atoms with E-state index < -0.39 is 0 Å². The van der Waals surface area contributed by atoms with E-state index in [0.29, 0.717) is 12.3 Å². The molecule has 0 aromatic heterocycles. The molecule has 0 N–H and O–H groups in total. The summed E-state index contributed by atoms with van der Waals surface area (Å²) in [6.45, 7) is 6.24. The molecule has 2 aromatic carbocycles. The number of piperidine rings is 1. The molecular weight excluding hydrogens is 332 g/mol. The fraction of sp³-hybridized carbons (Fsp3) is 0.458. The number of likely N-dealkylation sites (tertiary alicyclic amines) is 1. The van der Waals surface area contributed by atoms with Gasteiger partial charge in [0.25, 0.3) is 0 Å². The van der Waals surface area contributed by atoms with Crippen LogP contribution in [0.5, 0.6) is 0 Å². The lowest BCUT2D eigenvalue weighted by Crippen LogP contribution is -2.37. The summed E-state index contributed by atoms with van der Waals surface area (Å²) in [7, 11) is 0. The summed E-state index contributed by atoms with van der Waals surface area (Å²) in [5.74, 6) is 0.901. The second-order valence-corrected chi connectivity index (χ2v) is 7.56. The van der Waals surface area contributed by atoms with Crippen LogP contribution in [0.1, 0.15) is 38.2 Å². The van der Waals surface area contributed by atoms with E-state index in [9.17, 15) is 4.79 Å². The van der Waals surface area contributed by atoms with Gasteiger partial charge < -0.3 is 9.80 Å². The van der Waals surface area contributed by atoms with Crippen molar-refractivity contribution < 1.29 is 4.79 Å². The summed E-state index contributed by atoms with van der Waals surface area (Å²) in [5, 5.41) is 0. The van der Waals surface area contributed by atoms with Crippen LogP contribution < -0.4 is 4.90 Å². The van der Waals surface area contributed by atoms with Gasteiger partial charge in [-0.2, -0.15) is 0 Å². The van der Waals surface area contributed by atoms with Crippen molar-refractivity contribution in [3.63, 3.8) is 0 Å². The lowest BCUT2D eigenvalue weighted by Gasteiger charge is -2.33. The summed E-state index contributed by atoms with van der Waals surface area (Å²) in [5.41, 5.74) is 2.43. The molecule has 2 aromatic rings. The molecule has 0 saturated carbocycles. The van der Waals surface area contributed by atoms with Gasteiger partial charge in [0.1, 0.15) is 0 Å². The topological polar surface area (TPSA) is 23.6 Å². The number of hydrogen-bond donors (Lipinski definition) is 0. The third kappa shape index (κ3) is 5.93. The zero-order chi connectivity index (χ0) is 18.9. The van der Waals surface area contributed by atoms with Crippen molar-refractivity contribution in [3.8, 4) is 0 Å². The first-order valence-corrected chi connectivity index (χ1v) is 10.4. The summed E-state index contributed by atoms with van der Waals surface area (Å²) in [4.78, 5) is 17.2. The van der Waals surface area contributed by atoms with E-state index in [1.807, 2.05) is 35.2 Å². The Hall–Kier alpha value is -2.13. The maximum absolute atomic E-state index is 12.7. The van der Waals surface area contributed by atoms with E-state index in [1.165, 1.54) is 24.9 Å². The molecule has 144 valence electrons. The van der Waals surface area contributed by atoms with Crippen molar-refractivity contribution in [2.45, 2.75) is 39.0 Å².